The summed E-state index contributed by atoms with van der Waals surface area (Å²) >= 11 is 4.97. The normalized spacial score (nSPS) is 13.4. The van der Waals surface area contributed by atoms with Gasteiger partial charge in [-0.25, -0.2) is 0 Å². The van der Waals surface area contributed by atoms with E-state index in [1.807, 2.05) is 0 Å². The number of amides is 1. The molecule has 0 unspecified atom stereocenters. The lowest BCUT2D eigenvalue weighted by molar-refractivity contribution is -0.384. The highest BCUT2D eigenvalue weighted by Gasteiger charge is 2.24. The second kappa shape index (κ2) is 5.83. The van der Waals surface area contributed by atoms with Crippen LogP contribution in [0.5, 0.6) is 5.75 Å². The van der Waals surface area contributed by atoms with Crippen molar-refractivity contribution >= 4 is 34.5 Å². The van der Waals surface area contributed by atoms with Crippen molar-refractivity contribution in [3.63, 3.8) is 0 Å². The van der Waals surface area contributed by atoms with Gasteiger partial charge in [0, 0.05) is 12.1 Å². The smallest absolute Gasteiger partial charge is 0.283 e. The Morgan fingerprint density at radius 2 is 2.20 bits per heavy atom. The van der Waals surface area contributed by atoms with E-state index in [9.17, 15) is 14.9 Å². The zero-order valence-electron chi connectivity index (χ0n) is 10.7. The molecular formula is C12H13N3O4S. The Hall–Kier alpha value is -2.22. The van der Waals surface area contributed by atoms with Gasteiger partial charge < -0.3 is 15.4 Å². The van der Waals surface area contributed by atoms with Crippen LogP contribution in [0.2, 0.25) is 0 Å². The Morgan fingerprint density at radius 3 is 2.75 bits per heavy atom. The van der Waals surface area contributed by atoms with Gasteiger partial charge in [-0.05, 0) is 18.9 Å². The van der Waals surface area contributed by atoms with Crippen LogP contribution in [0.1, 0.15) is 12.8 Å². The first-order valence-electron chi connectivity index (χ1n) is 5.95. The summed E-state index contributed by atoms with van der Waals surface area (Å²) in [4.78, 5) is 22.1. The molecule has 0 aliphatic heterocycles. The first-order valence-corrected chi connectivity index (χ1v) is 6.36. The molecule has 1 aromatic rings. The number of methoxy groups -OCH3 is 1. The maximum atomic E-state index is 11.9. The molecule has 0 aromatic heterocycles. The third-order valence-corrected chi connectivity index (χ3v) is 3.07. The number of nitro benzene ring substituents is 1. The number of nitrogens with zero attached hydrogens (tertiary/aromatic N) is 1. The molecule has 0 spiro atoms. The van der Waals surface area contributed by atoms with E-state index in [4.69, 9.17) is 17.0 Å². The highest BCUT2D eigenvalue weighted by molar-refractivity contribution is 7.82. The van der Waals surface area contributed by atoms with Gasteiger partial charge in [-0.15, -0.1) is 0 Å². The minimum atomic E-state index is -0.534. The van der Waals surface area contributed by atoms with Crippen LogP contribution in [0, 0.1) is 10.1 Å². The Labute approximate surface area is 120 Å². The summed E-state index contributed by atoms with van der Waals surface area (Å²) in [6, 6.07) is 4.23. The maximum Gasteiger partial charge on any atom is 0.283 e. The number of ether oxygens (including phenoxy) is 1. The number of hydrogen-bond donors (Lipinski definition) is 2. The van der Waals surface area contributed by atoms with E-state index < -0.39 is 10.8 Å². The fraction of sp³-hybridized carbons (Fsp3) is 0.333. The molecule has 0 atom stereocenters. The van der Waals surface area contributed by atoms with Crippen LogP contribution in [0.15, 0.2) is 18.2 Å². The summed E-state index contributed by atoms with van der Waals surface area (Å²) in [6.45, 7) is 0. The van der Waals surface area contributed by atoms with Crippen molar-refractivity contribution in [3.8, 4) is 5.75 Å². The predicted molar refractivity (Wildman–Crippen MR) is 77.0 cm³/mol. The lowest BCUT2D eigenvalue weighted by atomic mass is 10.2. The molecule has 2 rings (SSSR count). The molecule has 1 saturated carbocycles. The second-order valence-corrected chi connectivity index (χ2v) is 4.75. The van der Waals surface area contributed by atoms with Crippen LogP contribution in [-0.4, -0.2) is 29.0 Å². The number of non-ortho nitro benzene ring substituents is 1. The summed E-state index contributed by atoms with van der Waals surface area (Å²) in [5.41, 5.74) is 0.224. The number of thiocarbonyl (C=S) groups is 1. The topological polar surface area (TPSA) is 93.5 Å². The standard InChI is InChI=1S/C12H13N3O4S/c1-19-10-6-8(15(17)18)4-5-9(10)14-11(16)12(20)13-7-2-3-7/h4-7H,2-3H2,1H3,(H,13,20)(H,14,16). The van der Waals surface area contributed by atoms with Crippen molar-refractivity contribution in [1.29, 1.82) is 0 Å². The zero-order chi connectivity index (χ0) is 14.7. The Morgan fingerprint density at radius 1 is 1.50 bits per heavy atom. The fourth-order valence-corrected chi connectivity index (χ4v) is 1.77. The quantitative estimate of drug-likeness (QED) is 0.498. The highest BCUT2D eigenvalue weighted by Crippen LogP contribution is 2.29. The summed E-state index contributed by atoms with van der Waals surface area (Å²) in [5, 5.41) is 16.2. The van der Waals surface area contributed by atoms with Gasteiger partial charge in [0.1, 0.15) is 5.75 Å². The lowest BCUT2D eigenvalue weighted by Crippen LogP contribution is -2.35. The van der Waals surface area contributed by atoms with Crippen molar-refractivity contribution < 1.29 is 14.5 Å². The van der Waals surface area contributed by atoms with Crippen LogP contribution in [0.4, 0.5) is 11.4 Å². The van der Waals surface area contributed by atoms with Gasteiger partial charge in [-0.1, -0.05) is 12.2 Å². The summed E-state index contributed by atoms with van der Waals surface area (Å²) in [7, 11) is 1.37. The number of hydrogen-bond acceptors (Lipinski definition) is 5. The molecule has 1 aliphatic carbocycles. The highest BCUT2D eigenvalue weighted by atomic mass is 32.1. The van der Waals surface area contributed by atoms with E-state index in [1.165, 1.54) is 25.3 Å². The third-order valence-electron chi connectivity index (χ3n) is 2.76. The van der Waals surface area contributed by atoms with Gasteiger partial charge in [0.2, 0.25) is 0 Å². The molecule has 1 aromatic carbocycles. The van der Waals surface area contributed by atoms with Crippen LogP contribution in [0.3, 0.4) is 0 Å². The Balaban J connectivity index is 2.09. The molecule has 0 bridgehead atoms. The summed E-state index contributed by atoms with van der Waals surface area (Å²) in [6.07, 6.45) is 2.02. The number of nitrogens with one attached hydrogen (secondary N) is 2. The van der Waals surface area contributed by atoms with Crippen molar-refractivity contribution in [1.82, 2.24) is 5.32 Å². The average Bonchev–Trinajstić information content (AvgIpc) is 3.22. The molecule has 20 heavy (non-hydrogen) atoms. The SMILES string of the molecule is COc1cc([N+](=O)[O-])ccc1NC(=O)C(=S)NC1CC1. The summed E-state index contributed by atoms with van der Waals surface area (Å²) < 4.78 is 5.03. The minimum absolute atomic E-state index is 0.105. The maximum absolute atomic E-state index is 11.9. The van der Waals surface area contributed by atoms with Gasteiger partial charge in [-0.2, -0.15) is 0 Å². The number of carbonyl (C=O) groups is 1. The van der Waals surface area contributed by atoms with E-state index in [-0.39, 0.29) is 22.5 Å². The fourth-order valence-electron chi connectivity index (χ4n) is 1.55. The molecule has 0 radical (unpaired) electrons. The first-order chi connectivity index (χ1) is 9.51. The van der Waals surface area contributed by atoms with Gasteiger partial charge in [0.05, 0.1) is 23.8 Å². The van der Waals surface area contributed by atoms with E-state index in [0.717, 1.165) is 12.8 Å². The number of nitro groups is 1. The van der Waals surface area contributed by atoms with Crippen molar-refractivity contribution in [2.24, 2.45) is 0 Å². The largest absolute Gasteiger partial charge is 0.494 e. The monoisotopic (exact) mass is 295 g/mol. The predicted octanol–water partition coefficient (Wildman–Crippen LogP) is 1.62. The molecule has 2 N–H and O–H groups in total. The molecular weight excluding hydrogens is 282 g/mol. The van der Waals surface area contributed by atoms with Gasteiger partial charge in [0.15, 0.2) is 4.99 Å². The van der Waals surface area contributed by atoms with Gasteiger partial charge in [0.25, 0.3) is 11.6 Å². The van der Waals surface area contributed by atoms with Crippen molar-refractivity contribution in [2.75, 3.05) is 12.4 Å². The van der Waals surface area contributed by atoms with Crippen LogP contribution >= 0.6 is 12.2 Å². The molecule has 1 amide bonds. The van der Waals surface area contributed by atoms with E-state index in [1.54, 1.807) is 0 Å². The Bertz CT molecular complexity index is 572. The van der Waals surface area contributed by atoms with E-state index >= 15 is 0 Å². The lowest BCUT2D eigenvalue weighted by Gasteiger charge is -2.11. The molecule has 1 fully saturated rings. The van der Waals surface area contributed by atoms with Gasteiger partial charge >= 0.3 is 0 Å². The number of rotatable bonds is 4. The third kappa shape index (κ3) is 3.41. The zero-order valence-corrected chi connectivity index (χ0v) is 11.5. The van der Waals surface area contributed by atoms with Gasteiger partial charge in [-0.3, -0.25) is 14.9 Å². The minimum Gasteiger partial charge on any atom is -0.494 e. The molecule has 1 aliphatic rings. The van der Waals surface area contributed by atoms with E-state index in [0.29, 0.717) is 5.69 Å². The van der Waals surface area contributed by atoms with Crippen molar-refractivity contribution in [2.45, 2.75) is 18.9 Å². The van der Waals surface area contributed by atoms with Crippen LogP contribution in [0.25, 0.3) is 0 Å². The number of anilines is 1. The van der Waals surface area contributed by atoms with E-state index in [2.05, 4.69) is 10.6 Å². The molecule has 0 heterocycles. The second-order valence-electron chi connectivity index (χ2n) is 4.34. The molecule has 106 valence electrons. The number of benzene rings is 1. The molecule has 7 nitrogen and oxygen atoms in total. The van der Waals surface area contributed by atoms with Crippen LogP contribution in [-0.2, 0) is 4.79 Å². The summed E-state index contributed by atoms with van der Waals surface area (Å²) in [5.74, 6) is -0.249. The first kappa shape index (κ1) is 14.2. The van der Waals surface area contributed by atoms with Crippen molar-refractivity contribution in [3.05, 3.63) is 28.3 Å². The average molecular weight is 295 g/mol. The molecule has 8 heteroatoms. The molecule has 0 saturated heterocycles. The Kier molecular flexibility index (Phi) is 4.14. The number of carbonyl (C=O) groups excluding carboxylic acids is 1. The van der Waals surface area contributed by atoms with Crippen LogP contribution < -0.4 is 15.4 Å².